The molecule has 0 bridgehead atoms. The highest BCUT2D eigenvalue weighted by Crippen LogP contribution is 2.41. The Morgan fingerprint density at radius 1 is 1.04 bits per heavy atom. The van der Waals surface area contributed by atoms with Crippen molar-refractivity contribution in [1.29, 1.82) is 0 Å². The average Bonchev–Trinajstić information content (AvgIpc) is 2.72. The molecule has 6 nitrogen and oxygen atoms in total. The molecule has 0 N–H and O–H groups in total. The van der Waals surface area contributed by atoms with Crippen LogP contribution in [-0.4, -0.2) is 76.0 Å². The number of hydrogen-bond acceptors (Lipinski definition) is 5. The third kappa shape index (κ3) is 4.87. The normalized spacial score (nSPS) is 20.7. The number of hydrogen-bond donors (Lipinski definition) is 0. The number of piperazine rings is 1. The van der Waals surface area contributed by atoms with Crippen LogP contribution < -0.4 is 4.74 Å². The number of sulfone groups is 1. The molecule has 28 heavy (non-hydrogen) atoms. The number of benzene rings is 1. The number of carbonyl (C=O) groups is 1. The van der Waals surface area contributed by atoms with E-state index in [1.807, 2.05) is 29.2 Å². The van der Waals surface area contributed by atoms with Crippen molar-refractivity contribution in [2.24, 2.45) is 0 Å². The topological polar surface area (TPSA) is 66.9 Å². The maximum atomic E-state index is 13.6. The van der Waals surface area contributed by atoms with Crippen molar-refractivity contribution >= 4 is 15.7 Å². The third-order valence-electron chi connectivity index (χ3n) is 6.20. The van der Waals surface area contributed by atoms with Gasteiger partial charge < -0.3 is 9.64 Å². The second-order valence-corrected chi connectivity index (χ2v) is 10.4. The molecule has 3 rings (SSSR count). The molecule has 0 unspecified atom stereocenters. The summed E-state index contributed by atoms with van der Waals surface area (Å²) in [5.41, 5.74) is 0.664. The first-order valence-corrected chi connectivity index (χ1v) is 12.2. The number of nitrogens with zero attached hydrogens (tertiary/aromatic N) is 2. The quantitative estimate of drug-likeness (QED) is 0.721. The van der Waals surface area contributed by atoms with Gasteiger partial charge in [-0.3, -0.25) is 9.69 Å². The third-order valence-corrected chi connectivity index (χ3v) is 7.12. The summed E-state index contributed by atoms with van der Waals surface area (Å²) in [7, 11) is -1.30. The van der Waals surface area contributed by atoms with E-state index >= 15 is 0 Å². The Morgan fingerprint density at radius 2 is 1.64 bits per heavy atom. The number of ether oxygens (including phenoxy) is 1. The van der Waals surface area contributed by atoms with Crippen LogP contribution in [0.25, 0.3) is 0 Å². The van der Waals surface area contributed by atoms with Crippen LogP contribution in [0.2, 0.25) is 0 Å². The lowest BCUT2D eigenvalue weighted by atomic mass is 9.68. The Kier molecular flexibility index (Phi) is 6.65. The summed E-state index contributed by atoms with van der Waals surface area (Å²) in [6, 6.07) is 7.99. The Morgan fingerprint density at radius 3 is 2.18 bits per heavy atom. The fourth-order valence-corrected chi connectivity index (χ4v) is 5.05. The van der Waals surface area contributed by atoms with E-state index in [0.29, 0.717) is 19.6 Å². The van der Waals surface area contributed by atoms with Gasteiger partial charge in [-0.25, -0.2) is 8.42 Å². The van der Waals surface area contributed by atoms with E-state index in [2.05, 4.69) is 4.90 Å². The highest BCUT2D eigenvalue weighted by molar-refractivity contribution is 7.90. The lowest BCUT2D eigenvalue weighted by molar-refractivity contribution is -0.140. The van der Waals surface area contributed by atoms with Crippen LogP contribution >= 0.6 is 0 Å². The fourth-order valence-electron chi connectivity index (χ4n) is 4.46. The van der Waals surface area contributed by atoms with Crippen molar-refractivity contribution in [2.75, 3.05) is 51.8 Å². The molecule has 1 aromatic carbocycles. The SMILES string of the molecule is COc1ccc(C2(C(=O)N3CCN(CCS(C)(=O)=O)CC3)CCCCC2)cc1. The average molecular weight is 409 g/mol. The lowest BCUT2D eigenvalue weighted by Crippen LogP contribution is -2.55. The molecule has 0 radical (unpaired) electrons. The summed E-state index contributed by atoms with van der Waals surface area (Å²) in [4.78, 5) is 17.8. The van der Waals surface area contributed by atoms with Crippen molar-refractivity contribution in [3.8, 4) is 5.75 Å². The monoisotopic (exact) mass is 408 g/mol. The zero-order chi connectivity index (χ0) is 20.2. The van der Waals surface area contributed by atoms with Gasteiger partial charge in [0.1, 0.15) is 15.6 Å². The van der Waals surface area contributed by atoms with Crippen LogP contribution in [0.3, 0.4) is 0 Å². The predicted molar refractivity (Wildman–Crippen MR) is 110 cm³/mol. The standard InChI is InChI=1S/C21H32N2O4S/c1-27-19-8-6-18(7-9-19)21(10-4-3-5-11-21)20(24)23-14-12-22(13-15-23)16-17-28(2,25)26/h6-9H,3-5,10-17H2,1-2H3. The van der Waals surface area contributed by atoms with Gasteiger partial charge in [0, 0.05) is 39.0 Å². The van der Waals surface area contributed by atoms with Gasteiger partial charge >= 0.3 is 0 Å². The second kappa shape index (κ2) is 8.82. The van der Waals surface area contributed by atoms with E-state index in [9.17, 15) is 13.2 Å². The Bertz CT molecular complexity index is 762. The van der Waals surface area contributed by atoms with Gasteiger partial charge in [-0.15, -0.1) is 0 Å². The summed E-state index contributed by atoms with van der Waals surface area (Å²) in [6.07, 6.45) is 6.40. The Labute approximate surface area is 168 Å². The van der Waals surface area contributed by atoms with Crippen LogP contribution in [0.5, 0.6) is 5.75 Å². The van der Waals surface area contributed by atoms with Crippen molar-refractivity contribution in [1.82, 2.24) is 9.80 Å². The lowest BCUT2D eigenvalue weighted by Gasteiger charge is -2.43. The summed E-state index contributed by atoms with van der Waals surface area (Å²) < 4.78 is 28.1. The van der Waals surface area contributed by atoms with Crippen LogP contribution in [0, 0.1) is 0 Å². The minimum Gasteiger partial charge on any atom is -0.497 e. The fraction of sp³-hybridized carbons (Fsp3) is 0.667. The first-order valence-electron chi connectivity index (χ1n) is 10.2. The van der Waals surface area contributed by atoms with E-state index in [1.54, 1.807) is 7.11 Å². The number of rotatable bonds is 6. The van der Waals surface area contributed by atoms with Crippen LogP contribution in [0.1, 0.15) is 37.7 Å². The van der Waals surface area contributed by atoms with Crippen LogP contribution in [0.15, 0.2) is 24.3 Å². The van der Waals surface area contributed by atoms with Gasteiger partial charge in [0.2, 0.25) is 5.91 Å². The minimum atomic E-state index is -2.95. The molecule has 1 heterocycles. The Hall–Kier alpha value is -1.60. The van der Waals surface area contributed by atoms with Crippen molar-refractivity contribution in [3.05, 3.63) is 29.8 Å². The maximum Gasteiger partial charge on any atom is 0.233 e. The number of amides is 1. The molecular weight excluding hydrogens is 376 g/mol. The van der Waals surface area contributed by atoms with Crippen molar-refractivity contribution in [3.63, 3.8) is 0 Å². The molecule has 1 saturated carbocycles. The maximum absolute atomic E-state index is 13.6. The summed E-state index contributed by atoms with van der Waals surface area (Å²) in [5, 5.41) is 0. The minimum absolute atomic E-state index is 0.177. The van der Waals surface area contributed by atoms with Gasteiger partial charge in [0.05, 0.1) is 18.3 Å². The molecule has 1 saturated heterocycles. The Balaban J connectivity index is 1.70. The molecule has 1 amide bonds. The van der Waals surface area contributed by atoms with Gasteiger partial charge in [0.25, 0.3) is 0 Å². The van der Waals surface area contributed by atoms with Crippen LogP contribution in [0.4, 0.5) is 0 Å². The molecule has 1 aliphatic heterocycles. The summed E-state index contributed by atoms with van der Waals surface area (Å²) in [5.74, 6) is 1.22. The van der Waals surface area contributed by atoms with E-state index in [-0.39, 0.29) is 11.7 Å². The van der Waals surface area contributed by atoms with Gasteiger partial charge in [-0.05, 0) is 30.5 Å². The zero-order valence-corrected chi connectivity index (χ0v) is 17.8. The highest BCUT2D eigenvalue weighted by Gasteiger charge is 2.44. The molecule has 0 spiro atoms. The first-order chi connectivity index (χ1) is 13.3. The van der Waals surface area contributed by atoms with Crippen LogP contribution in [-0.2, 0) is 20.0 Å². The molecule has 156 valence electrons. The molecule has 1 aliphatic carbocycles. The van der Waals surface area contributed by atoms with E-state index in [4.69, 9.17) is 4.74 Å². The smallest absolute Gasteiger partial charge is 0.233 e. The summed E-state index contributed by atoms with van der Waals surface area (Å²) >= 11 is 0. The van der Waals surface area contributed by atoms with Gasteiger partial charge in [0.15, 0.2) is 0 Å². The predicted octanol–water partition coefficient (Wildman–Crippen LogP) is 2.09. The first kappa shape index (κ1) is 21.1. The number of carbonyl (C=O) groups excluding carboxylic acids is 1. The van der Waals surface area contributed by atoms with E-state index < -0.39 is 15.3 Å². The molecule has 7 heteroatoms. The van der Waals surface area contributed by atoms with Gasteiger partial charge in [-0.2, -0.15) is 0 Å². The zero-order valence-electron chi connectivity index (χ0n) is 17.0. The summed E-state index contributed by atoms with van der Waals surface area (Å²) in [6.45, 7) is 3.35. The molecule has 0 aromatic heterocycles. The molecular formula is C21H32N2O4S. The van der Waals surface area contributed by atoms with Crippen molar-refractivity contribution < 1.29 is 17.9 Å². The highest BCUT2D eigenvalue weighted by atomic mass is 32.2. The molecule has 2 fully saturated rings. The van der Waals surface area contributed by atoms with E-state index in [0.717, 1.165) is 50.1 Å². The molecule has 1 aromatic rings. The largest absolute Gasteiger partial charge is 0.497 e. The molecule has 2 aliphatic rings. The number of methoxy groups -OCH3 is 1. The van der Waals surface area contributed by atoms with Gasteiger partial charge in [-0.1, -0.05) is 31.4 Å². The second-order valence-electron chi connectivity index (χ2n) is 8.13. The van der Waals surface area contributed by atoms with E-state index in [1.165, 1.54) is 12.7 Å². The molecule has 0 atom stereocenters. The van der Waals surface area contributed by atoms with Crippen molar-refractivity contribution in [2.45, 2.75) is 37.5 Å².